The molecule has 4 fully saturated rings. The molecule has 3 saturated carbocycles. The fourth-order valence-corrected chi connectivity index (χ4v) is 9.63. The maximum absolute atomic E-state index is 13.8. The van der Waals surface area contributed by atoms with Crippen molar-refractivity contribution >= 4 is 18.9 Å². The Hall–Kier alpha value is -2.84. The summed E-state index contributed by atoms with van der Waals surface area (Å²) in [5.41, 5.74) is 2.91. The van der Waals surface area contributed by atoms with Gasteiger partial charge in [-0.3, -0.25) is 9.59 Å². The summed E-state index contributed by atoms with van der Waals surface area (Å²) in [6.07, 6.45) is 5.89. The van der Waals surface area contributed by atoms with Crippen LogP contribution in [0.4, 0.5) is 0 Å². The van der Waals surface area contributed by atoms with Crippen LogP contribution in [0, 0.1) is 23.2 Å². The number of aryl methyl sites for hydroxylation is 1. The minimum absolute atomic E-state index is 0.0409. The molecule has 43 heavy (non-hydrogen) atoms. The summed E-state index contributed by atoms with van der Waals surface area (Å²) < 4.78 is 19.1. The lowest BCUT2D eigenvalue weighted by Gasteiger charge is -2.36. The Labute approximate surface area is 256 Å². The predicted octanol–water partition coefficient (Wildman–Crippen LogP) is 5.53. The maximum atomic E-state index is 13.8. The molecule has 8 atom stereocenters. The maximum Gasteiger partial charge on any atom is 0.481 e. The molecule has 5 aliphatic rings. The van der Waals surface area contributed by atoms with Crippen LogP contribution in [0.5, 0.6) is 5.75 Å². The van der Waals surface area contributed by atoms with E-state index in [0.29, 0.717) is 23.5 Å². The number of amides is 2. The average Bonchev–Trinajstić information content (AvgIpc) is 3.18. The normalized spacial score (nSPS) is 34.4. The van der Waals surface area contributed by atoms with Crippen molar-refractivity contribution in [3.63, 3.8) is 0 Å². The highest BCUT2D eigenvalue weighted by molar-refractivity contribution is 6.48. The van der Waals surface area contributed by atoms with Crippen molar-refractivity contribution in [1.29, 1.82) is 0 Å². The molecule has 0 bridgehead atoms. The highest BCUT2D eigenvalue weighted by atomic mass is 16.7. The summed E-state index contributed by atoms with van der Waals surface area (Å²) in [6.45, 7) is 8.91. The van der Waals surface area contributed by atoms with Gasteiger partial charge in [0.15, 0.2) is 0 Å². The SMILES string of the molecule is COc1cccc(C(CC(=O)NC(CC(C)C)B2OC3(C)CC4CC5C4(C)C53O2)NC(=O)C2CCCc3ccccc32)c1. The van der Waals surface area contributed by atoms with Crippen molar-refractivity contribution in [1.82, 2.24) is 10.6 Å². The van der Waals surface area contributed by atoms with Gasteiger partial charge in [-0.25, -0.2) is 0 Å². The molecule has 2 N–H and O–H groups in total. The predicted molar refractivity (Wildman–Crippen MR) is 165 cm³/mol. The van der Waals surface area contributed by atoms with E-state index in [9.17, 15) is 9.59 Å². The van der Waals surface area contributed by atoms with E-state index in [1.165, 1.54) is 12.0 Å². The van der Waals surface area contributed by atoms with Crippen LogP contribution < -0.4 is 15.4 Å². The second-order valence-electron chi connectivity index (χ2n) is 14.5. The smallest absolute Gasteiger partial charge is 0.481 e. The van der Waals surface area contributed by atoms with Crippen molar-refractivity contribution in [2.45, 2.75) is 102 Å². The van der Waals surface area contributed by atoms with Crippen LogP contribution in [-0.4, -0.2) is 43.2 Å². The van der Waals surface area contributed by atoms with Gasteiger partial charge in [0.05, 0.1) is 42.6 Å². The number of hydrogen-bond acceptors (Lipinski definition) is 5. The largest absolute Gasteiger partial charge is 0.497 e. The van der Waals surface area contributed by atoms with Crippen molar-refractivity contribution in [2.24, 2.45) is 23.2 Å². The Kier molecular flexibility index (Phi) is 6.97. The average molecular weight is 585 g/mol. The lowest BCUT2D eigenvalue weighted by molar-refractivity contribution is -0.125. The number of ether oxygens (including phenoxy) is 1. The zero-order valence-corrected chi connectivity index (χ0v) is 26.2. The van der Waals surface area contributed by atoms with Crippen LogP contribution in [0.1, 0.15) is 94.9 Å². The van der Waals surface area contributed by atoms with E-state index in [0.717, 1.165) is 43.2 Å². The summed E-state index contributed by atoms with van der Waals surface area (Å²) in [5.74, 6) is 1.63. The molecular weight excluding hydrogens is 539 g/mol. The van der Waals surface area contributed by atoms with Crippen molar-refractivity contribution in [3.8, 4) is 5.75 Å². The van der Waals surface area contributed by atoms with Crippen LogP contribution in [0.3, 0.4) is 0 Å². The molecule has 7 rings (SSSR count). The summed E-state index contributed by atoms with van der Waals surface area (Å²) in [4.78, 5) is 27.6. The topological polar surface area (TPSA) is 85.9 Å². The van der Waals surface area contributed by atoms with Gasteiger partial charge >= 0.3 is 7.12 Å². The first-order valence-electron chi connectivity index (χ1n) is 16.3. The molecule has 8 unspecified atom stereocenters. The Bertz CT molecular complexity index is 1430. The van der Waals surface area contributed by atoms with Gasteiger partial charge in [0, 0.05) is 5.41 Å². The van der Waals surface area contributed by atoms with Gasteiger partial charge in [-0.2, -0.15) is 0 Å². The van der Waals surface area contributed by atoms with Crippen LogP contribution >= 0.6 is 0 Å². The number of carbonyl (C=O) groups excluding carboxylic acids is 2. The van der Waals surface area contributed by atoms with Gasteiger partial charge in [0.2, 0.25) is 11.8 Å². The number of fused-ring (bicyclic) bond motifs is 1. The quantitative estimate of drug-likeness (QED) is 0.359. The fourth-order valence-electron chi connectivity index (χ4n) is 9.63. The van der Waals surface area contributed by atoms with Crippen molar-refractivity contribution < 1.29 is 23.6 Å². The van der Waals surface area contributed by atoms with Gasteiger partial charge in [0.25, 0.3) is 0 Å². The third-order valence-corrected chi connectivity index (χ3v) is 11.7. The lowest BCUT2D eigenvalue weighted by Crippen LogP contribution is -2.50. The molecule has 2 amide bonds. The zero-order valence-electron chi connectivity index (χ0n) is 26.2. The van der Waals surface area contributed by atoms with Crippen LogP contribution in [-0.2, 0) is 25.3 Å². The summed E-state index contributed by atoms with van der Waals surface area (Å²) in [5, 5.41) is 6.56. The molecule has 0 radical (unpaired) electrons. The first-order chi connectivity index (χ1) is 20.6. The van der Waals surface area contributed by atoms with E-state index in [4.69, 9.17) is 14.0 Å². The van der Waals surface area contributed by atoms with Crippen molar-refractivity contribution in [2.75, 3.05) is 7.11 Å². The first-order valence-corrected chi connectivity index (χ1v) is 16.3. The molecule has 2 aromatic rings. The summed E-state index contributed by atoms with van der Waals surface area (Å²) >= 11 is 0. The fraction of sp³-hybridized carbons (Fsp3) is 0.600. The molecular formula is C35H45BN2O5. The Morgan fingerprint density at radius 1 is 1.09 bits per heavy atom. The molecule has 7 nitrogen and oxygen atoms in total. The number of carbonyl (C=O) groups is 2. The van der Waals surface area contributed by atoms with E-state index in [2.05, 4.69) is 50.5 Å². The summed E-state index contributed by atoms with van der Waals surface area (Å²) in [6, 6.07) is 15.3. The highest BCUT2D eigenvalue weighted by Crippen LogP contribution is 2.90. The number of nitrogens with one attached hydrogen (secondary N) is 2. The van der Waals surface area contributed by atoms with Gasteiger partial charge < -0.3 is 24.7 Å². The van der Waals surface area contributed by atoms with Gasteiger partial charge in [-0.1, -0.05) is 57.2 Å². The molecule has 1 spiro atoms. The minimum atomic E-state index is -0.503. The Morgan fingerprint density at radius 3 is 2.65 bits per heavy atom. The Balaban J connectivity index is 1.09. The van der Waals surface area contributed by atoms with E-state index in [1.54, 1.807) is 7.11 Å². The zero-order chi connectivity index (χ0) is 30.1. The minimum Gasteiger partial charge on any atom is -0.497 e. The highest BCUT2D eigenvalue weighted by Gasteiger charge is 2.96. The number of benzene rings is 2. The van der Waals surface area contributed by atoms with E-state index < -0.39 is 13.2 Å². The Morgan fingerprint density at radius 2 is 1.91 bits per heavy atom. The first kappa shape index (κ1) is 28.9. The van der Waals surface area contributed by atoms with Gasteiger partial charge in [0.1, 0.15) is 5.75 Å². The van der Waals surface area contributed by atoms with E-state index in [1.807, 2.05) is 36.4 Å². The molecule has 1 aliphatic heterocycles. The van der Waals surface area contributed by atoms with Crippen LogP contribution in [0.2, 0.25) is 0 Å². The monoisotopic (exact) mass is 584 g/mol. The lowest BCUT2D eigenvalue weighted by atomic mass is 9.70. The number of hydrogen-bond donors (Lipinski definition) is 2. The third-order valence-electron chi connectivity index (χ3n) is 11.7. The molecule has 0 aromatic heterocycles. The second kappa shape index (κ2) is 10.4. The molecule has 8 heteroatoms. The summed E-state index contributed by atoms with van der Waals surface area (Å²) in [7, 11) is 1.16. The third kappa shape index (κ3) is 4.38. The molecule has 4 aliphatic carbocycles. The molecule has 1 heterocycles. The van der Waals surface area contributed by atoms with Gasteiger partial charge in [-0.05, 0) is 92.0 Å². The van der Waals surface area contributed by atoms with Crippen LogP contribution in [0.15, 0.2) is 48.5 Å². The van der Waals surface area contributed by atoms with E-state index >= 15 is 0 Å². The second-order valence-corrected chi connectivity index (χ2v) is 14.5. The molecule has 2 aromatic carbocycles. The standard InChI is InChI=1S/C35H45BN2O5/c1-21(2)16-30(36-42-33(3)20-24-18-29-34(24,4)35(29,33)43-36)38-31(39)19-28(23-12-8-13-25(17-23)41-5)37-32(40)27-15-9-11-22-10-6-7-14-26(22)27/h6-8,10,12-14,17,21,24,27-30H,9,11,15-16,18-20H2,1-5H3,(H,37,40)(H,38,39). The number of rotatable bonds is 10. The number of methoxy groups -OCH3 is 1. The van der Waals surface area contributed by atoms with Gasteiger partial charge in [-0.15, -0.1) is 0 Å². The van der Waals surface area contributed by atoms with E-state index in [-0.39, 0.29) is 46.7 Å². The molecule has 1 saturated heterocycles. The van der Waals surface area contributed by atoms with Crippen LogP contribution in [0.25, 0.3) is 0 Å². The van der Waals surface area contributed by atoms with Crippen molar-refractivity contribution in [3.05, 3.63) is 65.2 Å². The molecule has 228 valence electrons.